The molecule has 0 saturated heterocycles. The van der Waals surface area contributed by atoms with E-state index in [1.807, 2.05) is 6.07 Å². The van der Waals surface area contributed by atoms with E-state index in [1.165, 1.54) is 0 Å². The van der Waals surface area contributed by atoms with Crippen LogP contribution in [0.4, 0.5) is 5.69 Å². The Morgan fingerprint density at radius 2 is 1.94 bits per heavy atom. The highest BCUT2D eigenvalue weighted by Gasteiger charge is 2.17. The van der Waals surface area contributed by atoms with Crippen molar-refractivity contribution in [2.24, 2.45) is 0 Å². The molecule has 1 aromatic carbocycles. The SMILES string of the molecule is C=CCc1cc(CC=C)c(CCl)c([N+](=O)[O-])c1. The first-order valence-corrected chi connectivity index (χ1v) is 5.74. The zero-order valence-corrected chi connectivity index (χ0v) is 10.2. The molecule has 0 N–H and O–H groups in total. The van der Waals surface area contributed by atoms with Crippen LogP contribution in [-0.4, -0.2) is 4.92 Å². The van der Waals surface area contributed by atoms with E-state index in [9.17, 15) is 10.1 Å². The van der Waals surface area contributed by atoms with Gasteiger partial charge in [-0.05, 0) is 24.0 Å². The van der Waals surface area contributed by atoms with E-state index in [1.54, 1.807) is 18.2 Å². The Kier molecular flexibility index (Phi) is 4.91. The van der Waals surface area contributed by atoms with Crippen molar-refractivity contribution in [3.05, 3.63) is 64.2 Å². The second-order valence-corrected chi connectivity index (χ2v) is 3.90. The van der Waals surface area contributed by atoms with Gasteiger partial charge in [0.25, 0.3) is 5.69 Å². The molecule has 0 aliphatic heterocycles. The number of nitro benzene ring substituents is 1. The molecule has 0 saturated carbocycles. The van der Waals surface area contributed by atoms with Crippen LogP contribution >= 0.6 is 11.6 Å². The van der Waals surface area contributed by atoms with Gasteiger partial charge in [-0.25, -0.2) is 0 Å². The predicted molar refractivity (Wildman–Crippen MR) is 70.5 cm³/mol. The van der Waals surface area contributed by atoms with Gasteiger partial charge in [0, 0.05) is 11.6 Å². The van der Waals surface area contributed by atoms with Crippen molar-refractivity contribution >= 4 is 17.3 Å². The highest BCUT2D eigenvalue weighted by Crippen LogP contribution is 2.27. The molecule has 17 heavy (non-hydrogen) atoms. The minimum atomic E-state index is -0.392. The van der Waals surface area contributed by atoms with Crippen LogP contribution in [0.15, 0.2) is 37.4 Å². The molecule has 4 heteroatoms. The Labute approximate surface area is 106 Å². The lowest BCUT2D eigenvalue weighted by atomic mass is 9.99. The van der Waals surface area contributed by atoms with E-state index >= 15 is 0 Å². The molecule has 0 aliphatic carbocycles. The number of alkyl halides is 1. The number of benzene rings is 1. The molecular weight excluding hydrogens is 238 g/mol. The largest absolute Gasteiger partial charge is 0.274 e. The molecule has 1 aromatic rings. The lowest BCUT2D eigenvalue weighted by molar-refractivity contribution is -0.385. The summed E-state index contributed by atoms with van der Waals surface area (Å²) in [6.45, 7) is 7.28. The van der Waals surface area contributed by atoms with E-state index in [0.29, 0.717) is 18.4 Å². The maximum Gasteiger partial charge on any atom is 0.274 e. The maximum absolute atomic E-state index is 11.0. The Balaban J connectivity index is 3.38. The van der Waals surface area contributed by atoms with Crippen LogP contribution in [0.25, 0.3) is 0 Å². The van der Waals surface area contributed by atoms with Crippen molar-refractivity contribution in [3.63, 3.8) is 0 Å². The fourth-order valence-corrected chi connectivity index (χ4v) is 2.03. The number of hydrogen-bond donors (Lipinski definition) is 0. The van der Waals surface area contributed by atoms with Gasteiger partial charge < -0.3 is 0 Å². The van der Waals surface area contributed by atoms with Gasteiger partial charge in [-0.1, -0.05) is 18.2 Å². The standard InChI is InChI=1S/C13H14ClNO2/c1-3-5-10-7-11(6-4-2)12(9-14)13(8-10)15(16)17/h3-4,7-8H,1-2,5-6,9H2. The van der Waals surface area contributed by atoms with Crippen molar-refractivity contribution in [1.29, 1.82) is 0 Å². The summed E-state index contributed by atoms with van der Waals surface area (Å²) in [5, 5.41) is 11.0. The molecule has 0 unspecified atom stereocenters. The molecule has 0 aromatic heterocycles. The van der Waals surface area contributed by atoms with Crippen molar-refractivity contribution in [2.45, 2.75) is 18.7 Å². The quantitative estimate of drug-likeness (QED) is 0.334. The van der Waals surface area contributed by atoms with Crippen LogP contribution in [0.1, 0.15) is 16.7 Å². The monoisotopic (exact) mass is 251 g/mol. The second kappa shape index (κ2) is 6.21. The molecule has 1 rings (SSSR count). The molecule has 0 radical (unpaired) electrons. The lowest BCUT2D eigenvalue weighted by Crippen LogP contribution is -2.00. The number of hydrogen-bond acceptors (Lipinski definition) is 2. The number of rotatable bonds is 6. The topological polar surface area (TPSA) is 43.1 Å². The van der Waals surface area contributed by atoms with Crippen LogP contribution in [-0.2, 0) is 18.7 Å². The van der Waals surface area contributed by atoms with Gasteiger partial charge in [-0.2, -0.15) is 0 Å². The van der Waals surface area contributed by atoms with Crippen LogP contribution in [0.3, 0.4) is 0 Å². The zero-order valence-electron chi connectivity index (χ0n) is 9.49. The van der Waals surface area contributed by atoms with Gasteiger partial charge in [0.05, 0.1) is 10.8 Å². The van der Waals surface area contributed by atoms with Gasteiger partial charge in [0.2, 0.25) is 0 Å². The summed E-state index contributed by atoms with van der Waals surface area (Å²) in [6.07, 6.45) is 4.62. The minimum absolute atomic E-state index is 0.0798. The van der Waals surface area contributed by atoms with Gasteiger partial charge in [-0.15, -0.1) is 24.8 Å². The smallest absolute Gasteiger partial charge is 0.258 e. The Morgan fingerprint density at radius 3 is 2.41 bits per heavy atom. The molecule has 0 atom stereocenters. The molecule has 3 nitrogen and oxygen atoms in total. The molecule has 0 heterocycles. The van der Waals surface area contributed by atoms with Gasteiger partial charge >= 0.3 is 0 Å². The van der Waals surface area contributed by atoms with Gasteiger partial charge in [0.1, 0.15) is 0 Å². The third-order valence-corrected chi connectivity index (χ3v) is 2.72. The molecule has 90 valence electrons. The number of nitro groups is 1. The number of nitrogens with zero attached hydrogens (tertiary/aromatic N) is 1. The predicted octanol–water partition coefficient (Wildman–Crippen LogP) is 3.79. The highest BCUT2D eigenvalue weighted by molar-refractivity contribution is 6.17. The first-order valence-electron chi connectivity index (χ1n) is 5.20. The fourth-order valence-electron chi connectivity index (χ4n) is 1.72. The first-order chi connectivity index (χ1) is 8.13. The van der Waals surface area contributed by atoms with E-state index in [0.717, 1.165) is 11.1 Å². The normalized spacial score (nSPS) is 9.94. The van der Waals surface area contributed by atoms with Crippen molar-refractivity contribution in [3.8, 4) is 0 Å². The average molecular weight is 252 g/mol. The summed E-state index contributed by atoms with van der Waals surface area (Å²) < 4.78 is 0. The lowest BCUT2D eigenvalue weighted by Gasteiger charge is -2.08. The Bertz CT molecular complexity index is 455. The van der Waals surface area contributed by atoms with E-state index in [4.69, 9.17) is 11.6 Å². The van der Waals surface area contributed by atoms with E-state index in [-0.39, 0.29) is 11.6 Å². The van der Waals surface area contributed by atoms with Crippen LogP contribution in [0.2, 0.25) is 0 Å². The molecular formula is C13H14ClNO2. The van der Waals surface area contributed by atoms with E-state index in [2.05, 4.69) is 13.2 Å². The van der Waals surface area contributed by atoms with Crippen LogP contribution in [0.5, 0.6) is 0 Å². The number of halogens is 1. The minimum Gasteiger partial charge on any atom is -0.258 e. The highest BCUT2D eigenvalue weighted by atomic mass is 35.5. The molecule has 0 spiro atoms. The first kappa shape index (κ1) is 13.5. The van der Waals surface area contributed by atoms with Crippen molar-refractivity contribution in [1.82, 2.24) is 0 Å². The van der Waals surface area contributed by atoms with Crippen LogP contribution in [0, 0.1) is 10.1 Å². The van der Waals surface area contributed by atoms with Crippen molar-refractivity contribution < 1.29 is 4.92 Å². The molecule has 0 amide bonds. The summed E-state index contributed by atoms with van der Waals surface area (Å²) in [5.41, 5.74) is 2.39. The maximum atomic E-state index is 11.0. The van der Waals surface area contributed by atoms with Gasteiger partial charge in [-0.3, -0.25) is 10.1 Å². The average Bonchev–Trinajstić information content (AvgIpc) is 2.29. The summed E-state index contributed by atoms with van der Waals surface area (Å²) in [4.78, 5) is 10.6. The third kappa shape index (κ3) is 3.17. The molecule has 0 bridgehead atoms. The van der Waals surface area contributed by atoms with E-state index < -0.39 is 4.92 Å². The summed E-state index contributed by atoms with van der Waals surface area (Å²) >= 11 is 5.79. The summed E-state index contributed by atoms with van der Waals surface area (Å²) in [7, 11) is 0. The third-order valence-electron chi connectivity index (χ3n) is 2.45. The van der Waals surface area contributed by atoms with Crippen LogP contribution < -0.4 is 0 Å². The molecule has 0 fully saturated rings. The zero-order chi connectivity index (χ0) is 12.8. The summed E-state index contributed by atoms with van der Waals surface area (Å²) in [5.74, 6) is 0.133. The van der Waals surface area contributed by atoms with Gasteiger partial charge in [0.15, 0.2) is 0 Å². The fraction of sp³-hybridized carbons (Fsp3) is 0.231. The Morgan fingerprint density at radius 1 is 1.29 bits per heavy atom. The molecule has 0 aliphatic rings. The van der Waals surface area contributed by atoms with Crippen molar-refractivity contribution in [2.75, 3.05) is 0 Å². The Hall–Kier alpha value is -1.61. The second-order valence-electron chi connectivity index (χ2n) is 3.63. The summed E-state index contributed by atoms with van der Waals surface area (Å²) in [6, 6.07) is 3.49. The number of allylic oxidation sites excluding steroid dienone is 2.